The fourth-order valence-electron chi connectivity index (χ4n) is 1.90. The van der Waals surface area contributed by atoms with Crippen molar-refractivity contribution >= 4 is 5.97 Å². The van der Waals surface area contributed by atoms with Crippen molar-refractivity contribution in [3.8, 4) is 0 Å². The predicted molar refractivity (Wildman–Crippen MR) is 71.5 cm³/mol. The summed E-state index contributed by atoms with van der Waals surface area (Å²) in [7, 11) is 0. The molecular formula is C15H21NO2. The van der Waals surface area contributed by atoms with Crippen molar-refractivity contribution in [1.29, 1.82) is 0 Å². The molecule has 1 N–H and O–H groups in total. The number of hydrogen-bond acceptors (Lipinski definition) is 3. The highest BCUT2D eigenvalue weighted by Gasteiger charge is 2.21. The third-order valence-electron chi connectivity index (χ3n) is 3.45. The lowest BCUT2D eigenvalue weighted by molar-refractivity contribution is -0.143. The van der Waals surface area contributed by atoms with Crippen LogP contribution < -0.4 is 5.32 Å². The molecule has 3 nitrogen and oxygen atoms in total. The van der Waals surface area contributed by atoms with E-state index in [2.05, 4.69) is 38.2 Å². The Labute approximate surface area is 109 Å². The molecule has 1 aromatic carbocycles. The Hall–Kier alpha value is -1.35. The van der Waals surface area contributed by atoms with Gasteiger partial charge in [-0.3, -0.25) is 4.79 Å². The average Bonchev–Trinajstić information content (AvgIpc) is 3.13. The number of nitrogens with one attached hydrogen (secondary N) is 1. The van der Waals surface area contributed by atoms with Gasteiger partial charge in [0.25, 0.3) is 0 Å². The number of benzene rings is 1. The maximum atomic E-state index is 11.5. The molecule has 0 saturated heterocycles. The summed E-state index contributed by atoms with van der Waals surface area (Å²) >= 11 is 0. The molecule has 0 unspecified atom stereocenters. The lowest BCUT2D eigenvalue weighted by Gasteiger charge is -2.10. The van der Waals surface area contributed by atoms with Crippen LogP contribution in [0.2, 0.25) is 0 Å². The molecule has 1 fully saturated rings. The fraction of sp³-hybridized carbons (Fsp3) is 0.533. The number of aryl methyl sites for hydroxylation is 3. The van der Waals surface area contributed by atoms with Crippen LogP contribution in [0.15, 0.2) is 12.1 Å². The van der Waals surface area contributed by atoms with Gasteiger partial charge in [0.05, 0.1) is 6.54 Å². The Morgan fingerprint density at radius 3 is 2.56 bits per heavy atom. The van der Waals surface area contributed by atoms with Crippen LogP contribution in [-0.2, 0) is 16.1 Å². The first kappa shape index (κ1) is 13.1. The van der Waals surface area contributed by atoms with E-state index in [-0.39, 0.29) is 5.97 Å². The summed E-state index contributed by atoms with van der Waals surface area (Å²) in [5, 5.41) is 3.15. The van der Waals surface area contributed by atoms with Crippen molar-refractivity contribution in [2.75, 3.05) is 6.54 Å². The van der Waals surface area contributed by atoms with Crippen molar-refractivity contribution < 1.29 is 9.53 Å². The minimum absolute atomic E-state index is 0.167. The van der Waals surface area contributed by atoms with E-state index in [1.807, 2.05) is 0 Å². The van der Waals surface area contributed by atoms with Crippen LogP contribution in [0.4, 0.5) is 0 Å². The summed E-state index contributed by atoms with van der Waals surface area (Å²) in [6, 6.07) is 4.79. The minimum Gasteiger partial charge on any atom is -0.460 e. The van der Waals surface area contributed by atoms with E-state index >= 15 is 0 Å². The van der Waals surface area contributed by atoms with E-state index in [1.54, 1.807) is 0 Å². The predicted octanol–water partition coefficient (Wildman–Crippen LogP) is 2.41. The molecule has 0 bridgehead atoms. The second-order valence-corrected chi connectivity index (χ2v) is 5.18. The molecule has 0 aromatic heterocycles. The lowest BCUT2D eigenvalue weighted by Crippen LogP contribution is -2.26. The van der Waals surface area contributed by atoms with Gasteiger partial charge in [-0.15, -0.1) is 0 Å². The van der Waals surface area contributed by atoms with Gasteiger partial charge in [-0.1, -0.05) is 12.1 Å². The molecule has 98 valence electrons. The Kier molecular flexibility index (Phi) is 4.02. The van der Waals surface area contributed by atoms with Gasteiger partial charge in [0.1, 0.15) is 6.61 Å². The van der Waals surface area contributed by atoms with E-state index in [0.29, 0.717) is 19.2 Å². The van der Waals surface area contributed by atoms with Crippen LogP contribution in [0.5, 0.6) is 0 Å². The molecule has 0 aliphatic heterocycles. The second-order valence-electron chi connectivity index (χ2n) is 5.18. The first-order valence-corrected chi connectivity index (χ1v) is 6.52. The number of carbonyl (C=O) groups is 1. The molecular weight excluding hydrogens is 226 g/mol. The summed E-state index contributed by atoms with van der Waals surface area (Å²) in [5.41, 5.74) is 4.79. The van der Waals surface area contributed by atoms with Gasteiger partial charge in [0.15, 0.2) is 0 Å². The van der Waals surface area contributed by atoms with E-state index in [1.165, 1.54) is 29.5 Å². The van der Waals surface area contributed by atoms with E-state index in [9.17, 15) is 4.79 Å². The van der Waals surface area contributed by atoms with Crippen LogP contribution in [0.1, 0.15) is 35.1 Å². The van der Waals surface area contributed by atoms with E-state index in [4.69, 9.17) is 4.74 Å². The van der Waals surface area contributed by atoms with Gasteiger partial charge in [0.2, 0.25) is 0 Å². The van der Waals surface area contributed by atoms with Gasteiger partial charge in [-0.25, -0.2) is 0 Å². The van der Waals surface area contributed by atoms with E-state index < -0.39 is 0 Å². The molecule has 1 aliphatic rings. The maximum absolute atomic E-state index is 11.5. The van der Waals surface area contributed by atoms with Gasteiger partial charge in [-0.05, 0) is 55.9 Å². The highest BCUT2D eigenvalue weighted by molar-refractivity contribution is 5.71. The Bertz CT molecular complexity index is 450. The summed E-state index contributed by atoms with van der Waals surface area (Å²) in [6.45, 7) is 6.93. The van der Waals surface area contributed by atoms with Crippen molar-refractivity contribution in [2.45, 2.75) is 46.3 Å². The third kappa shape index (κ3) is 3.57. The van der Waals surface area contributed by atoms with Crippen molar-refractivity contribution in [3.05, 3.63) is 34.4 Å². The maximum Gasteiger partial charge on any atom is 0.320 e. The minimum atomic E-state index is -0.167. The molecule has 0 heterocycles. The number of rotatable bonds is 5. The zero-order valence-corrected chi connectivity index (χ0v) is 11.4. The van der Waals surface area contributed by atoms with Crippen molar-refractivity contribution in [3.63, 3.8) is 0 Å². The first-order chi connectivity index (χ1) is 8.56. The molecule has 0 radical (unpaired) electrons. The summed E-state index contributed by atoms with van der Waals surface area (Å²) < 4.78 is 5.28. The Morgan fingerprint density at radius 2 is 1.89 bits per heavy atom. The van der Waals surface area contributed by atoms with E-state index in [0.717, 1.165) is 5.56 Å². The normalized spacial score (nSPS) is 14.6. The first-order valence-electron chi connectivity index (χ1n) is 6.52. The topological polar surface area (TPSA) is 38.3 Å². The van der Waals surface area contributed by atoms with Gasteiger partial charge in [-0.2, -0.15) is 0 Å². The molecule has 1 aliphatic carbocycles. The molecule has 1 saturated carbocycles. The molecule has 3 heteroatoms. The quantitative estimate of drug-likeness (QED) is 0.812. The van der Waals surface area contributed by atoms with Crippen LogP contribution in [-0.4, -0.2) is 18.6 Å². The van der Waals surface area contributed by atoms with Crippen LogP contribution in [0, 0.1) is 20.8 Å². The zero-order chi connectivity index (χ0) is 13.1. The summed E-state index contributed by atoms with van der Waals surface area (Å²) in [4.78, 5) is 11.5. The number of ether oxygens (including phenoxy) is 1. The smallest absolute Gasteiger partial charge is 0.320 e. The average molecular weight is 247 g/mol. The standard InChI is InChI=1S/C15H21NO2/c1-10-6-12(3)13(7-11(10)2)9-18-15(17)8-16-14-4-5-14/h6-7,14,16H,4-5,8-9H2,1-3H3. The molecule has 18 heavy (non-hydrogen) atoms. The lowest BCUT2D eigenvalue weighted by atomic mass is 10.0. The number of carbonyl (C=O) groups excluding carboxylic acids is 1. The fourth-order valence-corrected chi connectivity index (χ4v) is 1.90. The monoisotopic (exact) mass is 247 g/mol. The second kappa shape index (κ2) is 5.53. The molecule has 2 rings (SSSR count). The number of esters is 1. The van der Waals surface area contributed by atoms with Gasteiger partial charge >= 0.3 is 5.97 Å². The molecule has 0 amide bonds. The highest BCUT2D eigenvalue weighted by Crippen LogP contribution is 2.18. The number of hydrogen-bond donors (Lipinski definition) is 1. The van der Waals surface area contributed by atoms with Crippen molar-refractivity contribution in [1.82, 2.24) is 5.32 Å². The largest absolute Gasteiger partial charge is 0.460 e. The van der Waals surface area contributed by atoms with Gasteiger partial charge < -0.3 is 10.1 Å². The van der Waals surface area contributed by atoms with Crippen molar-refractivity contribution in [2.24, 2.45) is 0 Å². The SMILES string of the molecule is Cc1cc(C)c(COC(=O)CNC2CC2)cc1C. The third-order valence-corrected chi connectivity index (χ3v) is 3.45. The summed E-state index contributed by atoms with van der Waals surface area (Å²) in [5.74, 6) is -0.167. The Morgan fingerprint density at radius 1 is 1.22 bits per heavy atom. The van der Waals surface area contributed by atoms with Gasteiger partial charge in [0, 0.05) is 6.04 Å². The highest BCUT2D eigenvalue weighted by atomic mass is 16.5. The molecule has 0 spiro atoms. The summed E-state index contributed by atoms with van der Waals surface area (Å²) in [6.07, 6.45) is 2.37. The molecule has 0 atom stereocenters. The van der Waals surface area contributed by atoms with Crippen LogP contribution in [0.25, 0.3) is 0 Å². The zero-order valence-electron chi connectivity index (χ0n) is 11.4. The van der Waals surface area contributed by atoms with Crippen LogP contribution >= 0.6 is 0 Å². The van der Waals surface area contributed by atoms with Crippen LogP contribution in [0.3, 0.4) is 0 Å². The Balaban J connectivity index is 1.84. The molecule has 1 aromatic rings.